The van der Waals surface area contributed by atoms with E-state index in [1.165, 1.54) is 25.8 Å². The minimum absolute atomic E-state index is 0.430. The van der Waals surface area contributed by atoms with Gasteiger partial charge < -0.3 is 4.90 Å². The van der Waals surface area contributed by atoms with Crippen LogP contribution in [0.25, 0.3) is 0 Å². The van der Waals surface area contributed by atoms with Gasteiger partial charge in [-0.15, -0.1) is 11.8 Å². The average molecular weight is 420 g/mol. The SMILES string of the molecule is CSc1ccc2c(c1)C(N1CCN(c3ccccn3)CC1)Cc1ccccc1S2. The number of rotatable bonds is 3. The Labute approximate surface area is 181 Å². The van der Waals surface area contributed by atoms with Gasteiger partial charge in [0, 0.05) is 53.1 Å². The molecule has 0 aliphatic carbocycles. The van der Waals surface area contributed by atoms with Gasteiger partial charge in [-0.05, 0) is 60.2 Å². The first kappa shape index (κ1) is 19.0. The highest BCUT2D eigenvalue weighted by molar-refractivity contribution is 7.99. The number of benzene rings is 2. The third-order valence-corrected chi connectivity index (χ3v) is 7.85. The number of pyridine rings is 1. The van der Waals surface area contributed by atoms with Gasteiger partial charge in [0.25, 0.3) is 0 Å². The maximum Gasteiger partial charge on any atom is 0.128 e. The fraction of sp³-hybridized carbons (Fsp3) is 0.292. The van der Waals surface area contributed by atoms with Crippen molar-refractivity contribution in [2.45, 2.75) is 27.1 Å². The normalized spacial score (nSPS) is 19.3. The van der Waals surface area contributed by atoms with E-state index in [1.54, 1.807) is 0 Å². The zero-order chi connectivity index (χ0) is 19.6. The van der Waals surface area contributed by atoms with E-state index in [0.717, 1.165) is 38.4 Å². The summed E-state index contributed by atoms with van der Waals surface area (Å²) in [4.78, 5) is 13.8. The highest BCUT2D eigenvalue weighted by Gasteiger charge is 2.30. The van der Waals surface area contributed by atoms with Crippen LogP contribution in [-0.4, -0.2) is 42.3 Å². The molecule has 5 heteroatoms. The van der Waals surface area contributed by atoms with Crippen molar-refractivity contribution >= 4 is 29.3 Å². The molecule has 0 spiro atoms. The zero-order valence-electron chi connectivity index (χ0n) is 16.6. The zero-order valence-corrected chi connectivity index (χ0v) is 18.3. The maximum atomic E-state index is 4.54. The highest BCUT2D eigenvalue weighted by Crippen LogP contribution is 2.44. The van der Waals surface area contributed by atoms with Crippen molar-refractivity contribution in [3.05, 3.63) is 78.0 Å². The topological polar surface area (TPSA) is 19.4 Å². The summed E-state index contributed by atoms with van der Waals surface area (Å²) in [7, 11) is 0. The number of nitrogens with zero attached hydrogens (tertiary/aromatic N) is 3. The molecule has 1 atom stereocenters. The molecule has 0 amide bonds. The van der Waals surface area contributed by atoms with Gasteiger partial charge in [0.1, 0.15) is 5.82 Å². The number of piperazine rings is 1. The maximum absolute atomic E-state index is 4.54. The van der Waals surface area contributed by atoms with Gasteiger partial charge >= 0.3 is 0 Å². The van der Waals surface area contributed by atoms with Crippen molar-refractivity contribution in [1.29, 1.82) is 0 Å². The minimum atomic E-state index is 0.430. The molecule has 0 radical (unpaired) electrons. The summed E-state index contributed by atoms with van der Waals surface area (Å²) in [5.41, 5.74) is 2.96. The predicted molar refractivity (Wildman–Crippen MR) is 123 cm³/mol. The Morgan fingerprint density at radius 1 is 0.931 bits per heavy atom. The van der Waals surface area contributed by atoms with Crippen LogP contribution < -0.4 is 4.90 Å². The third kappa shape index (κ3) is 3.91. The molecule has 0 N–H and O–H groups in total. The Hall–Kier alpha value is -1.95. The lowest BCUT2D eigenvalue weighted by Gasteiger charge is -2.40. The van der Waals surface area contributed by atoms with E-state index in [0.29, 0.717) is 6.04 Å². The molecule has 3 aromatic rings. The van der Waals surface area contributed by atoms with Gasteiger partial charge in [0.2, 0.25) is 0 Å². The lowest BCUT2D eigenvalue weighted by molar-refractivity contribution is 0.182. The second-order valence-electron chi connectivity index (χ2n) is 7.54. The Kier molecular flexibility index (Phi) is 5.53. The van der Waals surface area contributed by atoms with Gasteiger partial charge in [-0.1, -0.05) is 36.0 Å². The first-order valence-corrected chi connectivity index (χ1v) is 12.2. The molecule has 5 rings (SSSR count). The van der Waals surface area contributed by atoms with Crippen molar-refractivity contribution in [1.82, 2.24) is 9.88 Å². The number of aromatic nitrogens is 1. The molecule has 0 saturated carbocycles. The molecule has 29 heavy (non-hydrogen) atoms. The molecule has 3 heterocycles. The second-order valence-corrected chi connectivity index (χ2v) is 9.51. The van der Waals surface area contributed by atoms with Crippen molar-refractivity contribution in [2.75, 3.05) is 37.3 Å². The predicted octanol–water partition coefficient (Wildman–Crippen LogP) is 5.37. The van der Waals surface area contributed by atoms with Crippen LogP contribution in [0.1, 0.15) is 17.2 Å². The molecule has 3 nitrogen and oxygen atoms in total. The average Bonchev–Trinajstić information content (AvgIpc) is 2.96. The summed E-state index contributed by atoms with van der Waals surface area (Å²) in [6, 6.07) is 22.5. The molecular weight excluding hydrogens is 394 g/mol. The molecular formula is C24H25N3S2. The van der Waals surface area contributed by atoms with Crippen LogP contribution in [0.15, 0.2) is 81.5 Å². The summed E-state index contributed by atoms with van der Waals surface area (Å²) in [5, 5.41) is 0. The highest BCUT2D eigenvalue weighted by atomic mass is 32.2. The summed E-state index contributed by atoms with van der Waals surface area (Å²) in [5.74, 6) is 1.10. The van der Waals surface area contributed by atoms with Crippen LogP contribution in [0.4, 0.5) is 5.82 Å². The summed E-state index contributed by atoms with van der Waals surface area (Å²) < 4.78 is 0. The van der Waals surface area contributed by atoms with Gasteiger partial charge in [-0.2, -0.15) is 0 Å². The van der Waals surface area contributed by atoms with Crippen LogP contribution in [0.5, 0.6) is 0 Å². The molecule has 1 aromatic heterocycles. The third-order valence-electron chi connectivity index (χ3n) is 5.91. The molecule has 1 fully saturated rings. The quantitative estimate of drug-likeness (QED) is 0.530. The van der Waals surface area contributed by atoms with E-state index in [4.69, 9.17) is 0 Å². The fourth-order valence-corrected chi connectivity index (χ4v) is 5.91. The van der Waals surface area contributed by atoms with Gasteiger partial charge in [-0.25, -0.2) is 4.98 Å². The smallest absolute Gasteiger partial charge is 0.128 e. The van der Waals surface area contributed by atoms with Crippen LogP contribution >= 0.6 is 23.5 Å². The van der Waals surface area contributed by atoms with Crippen molar-refractivity contribution in [2.24, 2.45) is 0 Å². The molecule has 148 valence electrons. The molecule has 2 aliphatic rings. The molecule has 1 unspecified atom stereocenters. The van der Waals surface area contributed by atoms with Gasteiger partial charge in [0.05, 0.1) is 0 Å². The minimum Gasteiger partial charge on any atom is -0.354 e. The van der Waals surface area contributed by atoms with Crippen LogP contribution in [-0.2, 0) is 6.42 Å². The molecule has 2 aromatic carbocycles. The van der Waals surface area contributed by atoms with Crippen molar-refractivity contribution in [3.63, 3.8) is 0 Å². The molecule has 0 bridgehead atoms. The van der Waals surface area contributed by atoms with E-state index in [9.17, 15) is 0 Å². The van der Waals surface area contributed by atoms with E-state index in [1.807, 2.05) is 35.8 Å². The largest absolute Gasteiger partial charge is 0.354 e. The lowest BCUT2D eigenvalue weighted by atomic mass is 9.96. The van der Waals surface area contributed by atoms with Crippen LogP contribution in [0.3, 0.4) is 0 Å². The number of thioether (sulfide) groups is 1. The Balaban J connectivity index is 1.44. The standard InChI is InChI=1S/C24H25N3S2/c1-28-19-9-10-23-20(17-19)21(16-18-6-2-3-7-22(18)29-23)26-12-14-27(15-13-26)24-8-4-5-11-25-24/h2-11,17,21H,12-16H2,1H3. The van der Waals surface area contributed by atoms with E-state index < -0.39 is 0 Å². The van der Waals surface area contributed by atoms with E-state index in [-0.39, 0.29) is 0 Å². The van der Waals surface area contributed by atoms with Gasteiger partial charge in [0.15, 0.2) is 0 Å². The first-order valence-electron chi connectivity index (χ1n) is 10.2. The van der Waals surface area contributed by atoms with Crippen molar-refractivity contribution in [3.8, 4) is 0 Å². The summed E-state index contributed by atoms with van der Waals surface area (Å²) >= 11 is 3.77. The number of anilines is 1. The Morgan fingerprint density at radius 3 is 2.55 bits per heavy atom. The monoisotopic (exact) mass is 419 g/mol. The van der Waals surface area contributed by atoms with E-state index >= 15 is 0 Å². The Morgan fingerprint density at radius 2 is 1.76 bits per heavy atom. The fourth-order valence-electron chi connectivity index (χ4n) is 4.34. The lowest BCUT2D eigenvalue weighted by Crippen LogP contribution is -2.48. The van der Waals surface area contributed by atoms with Crippen LogP contribution in [0, 0.1) is 0 Å². The summed E-state index contributed by atoms with van der Waals surface area (Å²) in [6.07, 6.45) is 5.14. The number of hydrogen-bond donors (Lipinski definition) is 0. The van der Waals surface area contributed by atoms with E-state index in [2.05, 4.69) is 75.6 Å². The number of hydrogen-bond acceptors (Lipinski definition) is 5. The second kappa shape index (κ2) is 8.42. The van der Waals surface area contributed by atoms with Crippen LogP contribution in [0.2, 0.25) is 0 Å². The summed E-state index contributed by atoms with van der Waals surface area (Å²) in [6.45, 7) is 4.19. The molecule has 1 saturated heterocycles. The van der Waals surface area contributed by atoms with Crippen molar-refractivity contribution < 1.29 is 0 Å². The Bertz CT molecular complexity index is 984. The molecule has 2 aliphatic heterocycles. The number of fused-ring (bicyclic) bond motifs is 2. The first-order chi connectivity index (χ1) is 14.3. The van der Waals surface area contributed by atoms with Gasteiger partial charge in [-0.3, -0.25) is 4.90 Å².